The molecule has 0 fully saturated rings. The second-order valence-electron chi connectivity index (χ2n) is 12.6. The molecule has 0 aliphatic heterocycles. The molecule has 0 saturated carbocycles. The van der Waals surface area contributed by atoms with Crippen LogP contribution >= 0.6 is 11.3 Å². The van der Waals surface area contributed by atoms with Crippen molar-refractivity contribution in [3.8, 4) is 22.5 Å². The number of para-hydroxylation sites is 3. The van der Waals surface area contributed by atoms with Gasteiger partial charge >= 0.3 is 0 Å². The van der Waals surface area contributed by atoms with Crippen LogP contribution in [0.2, 0.25) is 0 Å². The zero-order valence-electron chi connectivity index (χ0n) is 25.4. The van der Waals surface area contributed by atoms with Gasteiger partial charge in [0.05, 0.1) is 16.6 Å². The van der Waals surface area contributed by atoms with E-state index >= 15 is 0 Å². The Balaban J connectivity index is 1.34. The van der Waals surface area contributed by atoms with Gasteiger partial charge in [-0.05, 0) is 84.1 Å². The molecule has 46 heavy (non-hydrogen) atoms. The topological polar surface area (TPSA) is 9.86 Å². The molecule has 10 rings (SSSR count). The first-order valence-corrected chi connectivity index (χ1v) is 16.9. The first kappa shape index (κ1) is 25.9. The third-order valence-electron chi connectivity index (χ3n) is 9.92. The van der Waals surface area contributed by atoms with Crippen molar-refractivity contribution in [3.63, 3.8) is 0 Å². The lowest BCUT2D eigenvalue weighted by Crippen LogP contribution is -2.02. The van der Waals surface area contributed by atoms with Crippen molar-refractivity contribution < 1.29 is 0 Å². The van der Waals surface area contributed by atoms with Crippen molar-refractivity contribution in [2.24, 2.45) is 0 Å². The van der Waals surface area contributed by atoms with Crippen LogP contribution < -0.4 is 0 Å². The van der Waals surface area contributed by atoms with Gasteiger partial charge in [-0.25, -0.2) is 0 Å². The number of fused-ring (bicyclic) bond motifs is 10. The fourth-order valence-corrected chi connectivity index (χ4v) is 9.18. The maximum Gasteiger partial charge on any atom is 0.0634 e. The van der Waals surface area contributed by atoms with E-state index in [1.165, 1.54) is 86.6 Å². The lowest BCUT2D eigenvalue weighted by molar-refractivity contribution is 0.773. The second kappa shape index (κ2) is 9.81. The van der Waals surface area contributed by atoms with Crippen molar-refractivity contribution >= 4 is 70.3 Å². The lowest BCUT2D eigenvalue weighted by atomic mass is 9.89. The first-order chi connectivity index (χ1) is 22.8. The molecule has 0 bridgehead atoms. The average molecular weight is 607 g/mol. The van der Waals surface area contributed by atoms with Gasteiger partial charge in [0.15, 0.2) is 0 Å². The fourth-order valence-electron chi connectivity index (χ4n) is 7.94. The molecule has 1 aliphatic carbocycles. The summed E-state index contributed by atoms with van der Waals surface area (Å²) >= 11 is 1.92. The van der Waals surface area contributed by atoms with Crippen LogP contribution in [0.5, 0.6) is 0 Å². The summed E-state index contributed by atoms with van der Waals surface area (Å²) in [7, 11) is 0. The van der Waals surface area contributed by atoms with Crippen molar-refractivity contribution in [2.75, 3.05) is 0 Å². The Morgan fingerprint density at radius 1 is 0.609 bits per heavy atom. The molecule has 6 aromatic carbocycles. The van der Waals surface area contributed by atoms with E-state index in [-0.39, 0.29) is 0 Å². The summed E-state index contributed by atoms with van der Waals surface area (Å²) < 4.78 is 7.59. The molecule has 1 unspecified atom stereocenters. The molecule has 3 aromatic heterocycles. The smallest absolute Gasteiger partial charge is 0.0634 e. The Hall–Kier alpha value is -5.38. The number of allylic oxidation sites excluding steroid dienone is 1. The molecule has 0 spiro atoms. The molecule has 0 saturated heterocycles. The minimum absolute atomic E-state index is 0.457. The van der Waals surface area contributed by atoms with Crippen molar-refractivity contribution in [2.45, 2.75) is 19.3 Å². The van der Waals surface area contributed by atoms with Crippen LogP contribution in [0.15, 0.2) is 140 Å². The molecule has 218 valence electrons. The molecular weight excluding hydrogens is 577 g/mol. The maximum atomic E-state index is 2.48. The van der Waals surface area contributed by atoms with Gasteiger partial charge in [-0.1, -0.05) is 91.9 Å². The number of hydrogen-bond donors (Lipinski definition) is 0. The van der Waals surface area contributed by atoms with Gasteiger partial charge in [0.1, 0.15) is 0 Å². The Bertz CT molecular complexity index is 2670. The lowest BCUT2D eigenvalue weighted by Gasteiger charge is -2.16. The van der Waals surface area contributed by atoms with E-state index in [1.54, 1.807) is 0 Å². The fraction of sp³-hybridized carbons (Fsp3) is 0.0698. The van der Waals surface area contributed by atoms with Crippen LogP contribution in [0.3, 0.4) is 0 Å². The van der Waals surface area contributed by atoms with Gasteiger partial charge in [0.2, 0.25) is 0 Å². The summed E-state index contributed by atoms with van der Waals surface area (Å²) in [5.41, 5.74) is 11.5. The summed E-state index contributed by atoms with van der Waals surface area (Å²) in [6.07, 6.45) is 5.73. The molecule has 9 aromatic rings. The van der Waals surface area contributed by atoms with Gasteiger partial charge < -0.3 is 9.13 Å². The monoisotopic (exact) mass is 606 g/mol. The highest BCUT2D eigenvalue weighted by Gasteiger charge is 2.25. The molecule has 0 N–H and O–H groups in total. The predicted molar refractivity (Wildman–Crippen MR) is 198 cm³/mol. The Morgan fingerprint density at radius 3 is 2.09 bits per heavy atom. The minimum Gasteiger partial charge on any atom is -0.310 e. The highest BCUT2D eigenvalue weighted by Crippen LogP contribution is 2.48. The SMILES string of the molecule is CC1CC=Cc2c1c1cc(-c3cc4c5ccccc5n(-c5ccccc5)c4c4c3sc3ccccc34)ccc1n2-c1ccccc1. The van der Waals surface area contributed by atoms with Gasteiger partial charge in [-0.3, -0.25) is 0 Å². The largest absolute Gasteiger partial charge is 0.310 e. The van der Waals surface area contributed by atoms with Gasteiger partial charge in [-0.2, -0.15) is 0 Å². The Kier molecular flexibility index (Phi) is 5.52. The summed E-state index contributed by atoms with van der Waals surface area (Å²) in [4.78, 5) is 0. The maximum absolute atomic E-state index is 2.48. The van der Waals surface area contributed by atoms with E-state index < -0.39 is 0 Å². The summed E-state index contributed by atoms with van der Waals surface area (Å²) in [5.74, 6) is 0.457. The summed E-state index contributed by atoms with van der Waals surface area (Å²) in [6.45, 7) is 2.37. The third kappa shape index (κ3) is 3.58. The number of aromatic nitrogens is 2. The molecule has 0 amide bonds. The number of benzene rings is 6. The van der Waals surface area contributed by atoms with Gasteiger partial charge in [0, 0.05) is 59.0 Å². The van der Waals surface area contributed by atoms with Crippen molar-refractivity contribution in [1.82, 2.24) is 9.13 Å². The van der Waals surface area contributed by atoms with E-state index in [4.69, 9.17) is 0 Å². The van der Waals surface area contributed by atoms with Gasteiger partial charge in [0.25, 0.3) is 0 Å². The first-order valence-electron chi connectivity index (χ1n) is 16.1. The Morgan fingerprint density at radius 2 is 1.28 bits per heavy atom. The van der Waals surface area contributed by atoms with Gasteiger partial charge in [-0.15, -0.1) is 11.3 Å². The highest BCUT2D eigenvalue weighted by atomic mass is 32.1. The average Bonchev–Trinajstić information content (AvgIpc) is 3.76. The molecule has 0 radical (unpaired) electrons. The Labute approximate surface area is 271 Å². The molecule has 3 heterocycles. The van der Waals surface area contributed by atoms with Crippen LogP contribution in [-0.4, -0.2) is 9.13 Å². The zero-order chi connectivity index (χ0) is 30.4. The van der Waals surface area contributed by atoms with Crippen LogP contribution in [0.25, 0.3) is 81.5 Å². The van der Waals surface area contributed by atoms with E-state index in [1.807, 2.05) is 11.3 Å². The van der Waals surface area contributed by atoms with Crippen LogP contribution in [0.4, 0.5) is 0 Å². The molecule has 1 aliphatic rings. The normalized spacial score (nSPS) is 14.7. The van der Waals surface area contributed by atoms with E-state index in [0.717, 1.165) is 6.42 Å². The summed E-state index contributed by atoms with van der Waals surface area (Å²) in [6, 6.07) is 49.1. The van der Waals surface area contributed by atoms with E-state index in [0.29, 0.717) is 5.92 Å². The van der Waals surface area contributed by atoms with E-state index in [2.05, 4.69) is 162 Å². The molecule has 1 atom stereocenters. The standard InChI is InChI=1S/C43H30N2S/c1-27-13-12-21-38-40(27)35-25-28(23-24-37(35)44(38)29-14-4-2-5-15-29)33-26-34-31-18-8-10-20-36(31)45(30-16-6-3-7-17-30)42(34)41-32-19-9-11-22-39(32)46-43(33)41/h2-12,14-27H,13H2,1H3. The summed E-state index contributed by atoms with van der Waals surface area (Å²) in [5, 5.41) is 6.60. The molecule has 3 heteroatoms. The number of rotatable bonds is 3. The number of thiophene rings is 1. The van der Waals surface area contributed by atoms with Crippen LogP contribution in [0, 0.1) is 0 Å². The second-order valence-corrected chi connectivity index (χ2v) is 13.6. The molecule has 2 nitrogen and oxygen atoms in total. The predicted octanol–water partition coefficient (Wildman–Crippen LogP) is 12.3. The zero-order valence-corrected chi connectivity index (χ0v) is 26.3. The van der Waals surface area contributed by atoms with Crippen LogP contribution in [0.1, 0.15) is 30.5 Å². The number of nitrogens with zero attached hydrogens (tertiary/aromatic N) is 2. The van der Waals surface area contributed by atoms with Crippen LogP contribution in [-0.2, 0) is 0 Å². The van der Waals surface area contributed by atoms with Crippen molar-refractivity contribution in [1.29, 1.82) is 0 Å². The van der Waals surface area contributed by atoms with Crippen molar-refractivity contribution in [3.05, 3.63) is 151 Å². The quantitative estimate of drug-likeness (QED) is 0.189. The minimum atomic E-state index is 0.457. The van der Waals surface area contributed by atoms with E-state index in [9.17, 15) is 0 Å². The highest BCUT2D eigenvalue weighted by molar-refractivity contribution is 7.26. The molecular formula is C43H30N2S. The third-order valence-corrected chi connectivity index (χ3v) is 11.1. The number of hydrogen-bond acceptors (Lipinski definition) is 1.